The van der Waals surface area contributed by atoms with Crippen LogP contribution in [-0.4, -0.2) is 23.5 Å². The second-order valence-electron chi connectivity index (χ2n) is 4.38. The molecule has 0 aromatic heterocycles. The quantitative estimate of drug-likeness (QED) is 0.646. The average molecular weight is 262 g/mol. The third-order valence-corrected chi connectivity index (χ3v) is 4.29. The number of carbonyl (C=O) groups excluding carboxylic acids is 1. The molecule has 1 atom stereocenters. The van der Waals surface area contributed by atoms with E-state index in [9.17, 15) is 4.79 Å². The Morgan fingerprint density at radius 3 is 2.89 bits per heavy atom. The van der Waals surface area contributed by atoms with Gasteiger partial charge >= 0.3 is 0 Å². The van der Waals surface area contributed by atoms with Gasteiger partial charge in [0.05, 0.1) is 0 Å². The molecule has 3 nitrogen and oxygen atoms in total. The first-order valence-electron chi connectivity index (χ1n) is 6.17. The number of nitrogens with one attached hydrogen (secondary N) is 1. The van der Waals surface area contributed by atoms with Crippen LogP contribution in [-0.2, 0) is 4.79 Å². The summed E-state index contributed by atoms with van der Waals surface area (Å²) >= 11 is 1.95. The van der Waals surface area contributed by atoms with Crippen molar-refractivity contribution in [3.05, 3.63) is 35.9 Å². The SMILES string of the molecule is Nc1ccc(/C=C/C(=O)NCC2CCCS2)cc1. The third-order valence-electron chi connectivity index (χ3n) is 2.89. The summed E-state index contributed by atoms with van der Waals surface area (Å²) in [6, 6.07) is 7.44. The smallest absolute Gasteiger partial charge is 0.244 e. The maximum atomic E-state index is 11.6. The fourth-order valence-electron chi connectivity index (χ4n) is 1.86. The van der Waals surface area contributed by atoms with Gasteiger partial charge in [-0.1, -0.05) is 12.1 Å². The monoisotopic (exact) mass is 262 g/mol. The lowest BCUT2D eigenvalue weighted by atomic mass is 10.2. The van der Waals surface area contributed by atoms with E-state index < -0.39 is 0 Å². The molecule has 1 fully saturated rings. The van der Waals surface area contributed by atoms with E-state index in [2.05, 4.69) is 5.32 Å². The van der Waals surface area contributed by atoms with Gasteiger partial charge in [0.15, 0.2) is 0 Å². The van der Waals surface area contributed by atoms with E-state index in [0.717, 1.165) is 17.8 Å². The molecule has 1 saturated heterocycles. The van der Waals surface area contributed by atoms with Gasteiger partial charge in [0.1, 0.15) is 0 Å². The lowest BCUT2D eigenvalue weighted by Crippen LogP contribution is -2.28. The minimum atomic E-state index is -0.0284. The number of benzene rings is 1. The number of nitrogen functional groups attached to an aromatic ring is 1. The van der Waals surface area contributed by atoms with Crippen LogP contribution in [0.3, 0.4) is 0 Å². The Hall–Kier alpha value is -1.42. The van der Waals surface area contributed by atoms with Crippen molar-refractivity contribution in [1.29, 1.82) is 0 Å². The Bertz CT molecular complexity index is 422. The lowest BCUT2D eigenvalue weighted by Gasteiger charge is -2.07. The van der Waals surface area contributed by atoms with Gasteiger partial charge in [-0.3, -0.25) is 4.79 Å². The largest absolute Gasteiger partial charge is 0.399 e. The number of nitrogens with two attached hydrogens (primary N) is 1. The zero-order valence-electron chi connectivity index (χ0n) is 10.3. The van der Waals surface area contributed by atoms with Crippen LogP contribution in [0, 0.1) is 0 Å². The minimum absolute atomic E-state index is 0.0284. The van der Waals surface area contributed by atoms with E-state index in [1.165, 1.54) is 18.6 Å². The van der Waals surface area contributed by atoms with Gasteiger partial charge in [0.2, 0.25) is 5.91 Å². The molecule has 1 heterocycles. The molecule has 1 amide bonds. The van der Waals surface area contributed by atoms with Crippen molar-refractivity contribution < 1.29 is 4.79 Å². The van der Waals surface area contributed by atoms with Crippen LogP contribution >= 0.6 is 11.8 Å². The first kappa shape index (κ1) is 13.0. The molecule has 0 spiro atoms. The maximum absolute atomic E-state index is 11.6. The van der Waals surface area contributed by atoms with Crippen molar-refractivity contribution in [1.82, 2.24) is 5.32 Å². The summed E-state index contributed by atoms with van der Waals surface area (Å²) in [7, 11) is 0. The van der Waals surface area contributed by atoms with E-state index in [1.54, 1.807) is 12.2 Å². The standard InChI is InChI=1S/C14H18N2OS/c15-12-6-3-11(4-7-12)5-8-14(17)16-10-13-2-1-9-18-13/h3-8,13H,1-2,9-10,15H2,(H,16,17)/b8-5+. The molecule has 18 heavy (non-hydrogen) atoms. The molecular weight excluding hydrogens is 244 g/mol. The molecule has 1 aromatic rings. The Balaban J connectivity index is 1.77. The molecule has 0 bridgehead atoms. The molecule has 0 aliphatic carbocycles. The van der Waals surface area contributed by atoms with E-state index >= 15 is 0 Å². The van der Waals surface area contributed by atoms with Gasteiger partial charge in [-0.05, 0) is 42.4 Å². The van der Waals surface area contributed by atoms with Crippen LogP contribution in [0.25, 0.3) is 6.08 Å². The highest BCUT2D eigenvalue weighted by molar-refractivity contribution is 8.00. The number of carbonyl (C=O) groups is 1. The maximum Gasteiger partial charge on any atom is 0.244 e. The van der Waals surface area contributed by atoms with Gasteiger partial charge in [-0.25, -0.2) is 0 Å². The summed E-state index contributed by atoms with van der Waals surface area (Å²) in [5, 5.41) is 3.53. The topological polar surface area (TPSA) is 55.1 Å². The summed E-state index contributed by atoms with van der Waals surface area (Å²) in [5.41, 5.74) is 7.31. The number of hydrogen-bond acceptors (Lipinski definition) is 3. The summed E-state index contributed by atoms with van der Waals surface area (Å²) in [5.74, 6) is 1.20. The van der Waals surface area contributed by atoms with E-state index in [0.29, 0.717) is 5.25 Å². The van der Waals surface area contributed by atoms with Crippen LogP contribution in [0.4, 0.5) is 5.69 Å². The summed E-state index contributed by atoms with van der Waals surface area (Å²) < 4.78 is 0. The van der Waals surface area contributed by atoms with Crippen LogP contribution in [0.1, 0.15) is 18.4 Å². The van der Waals surface area contributed by atoms with Crippen molar-refractivity contribution in [2.75, 3.05) is 18.0 Å². The summed E-state index contributed by atoms with van der Waals surface area (Å²) in [6.45, 7) is 0.773. The molecule has 0 saturated carbocycles. The summed E-state index contributed by atoms with van der Waals surface area (Å²) in [6.07, 6.45) is 5.86. The summed E-state index contributed by atoms with van der Waals surface area (Å²) in [4.78, 5) is 11.6. The lowest BCUT2D eigenvalue weighted by molar-refractivity contribution is -0.116. The van der Waals surface area contributed by atoms with Gasteiger partial charge < -0.3 is 11.1 Å². The molecular formula is C14H18N2OS. The van der Waals surface area contributed by atoms with Crippen LogP contribution in [0.5, 0.6) is 0 Å². The van der Waals surface area contributed by atoms with Gasteiger partial charge in [0.25, 0.3) is 0 Å². The first-order valence-corrected chi connectivity index (χ1v) is 7.22. The van der Waals surface area contributed by atoms with Crippen LogP contribution in [0.2, 0.25) is 0 Å². The van der Waals surface area contributed by atoms with Crippen LogP contribution in [0.15, 0.2) is 30.3 Å². The Morgan fingerprint density at radius 2 is 2.22 bits per heavy atom. The highest BCUT2D eigenvalue weighted by Crippen LogP contribution is 2.25. The molecule has 4 heteroatoms. The number of hydrogen-bond donors (Lipinski definition) is 2. The van der Waals surface area contributed by atoms with Crippen molar-refractivity contribution in [3.8, 4) is 0 Å². The molecule has 96 valence electrons. The minimum Gasteiger partial charge on any atom is -0.399 e. The fraction of sp³-hybridized carbons (Fsp3) is 0.357. The van der Waals surface area contributed by atoms with Gasteiger partial charge in [-0.15, -0.1) is 0 Å². The van der Waals surface area contributed by atoms with Crippen molar-refractivity contribution >= 4 is 29.4 Å². The predicted octanol–water partition coefficient (Wildman–Crippen LogP) is 2.29. The number of amides is 1. The molecule has 1 aliphatic heterocycles. The number of anilines is 1. The van der Waals surface area contributed by atoms with Crippen molar-refractivity contribution in [2.24, 2.45) is 0 Å². The Kier molecular flexibility index (Phi) is 4.70. The Morgan fingerprint density at radius 1 is 1.44 bits per heavy atom. The second-order valence-corrected chi connectivity index (χ2v) is 5.79. The zero-order chi connectivity index (χ0) is 12.8. The molecule has 2 rings (SSSR count). The first-order chi connectivity index (χ1) is 8.74. The van der Waals surface area contributed by atoms with E-state index in [-0.39, 0.29) is 5.91 Å². The van der Waals surface area contributed by atoms with Gasteiger partial charge in [-0.2, -0.15) is 11.8 Å². The van der Waals surface area contributed by atoms with Gasteiger partial charge in [0, 0.05) is 23.6 Å². The molecule has 0 radical (unpaired) electrons. The van der Waals surface area contributed by atoms with E-state index in [4.69, 9.17) is 5.73 Å². The third kappa shape index (κ3) is 4.11. The zero-order valence-corrected chi connectivity index (χ0v) is 11.1. The van der Waals surface area contributed by atoms with Crippen LogP contribution < -0.4 is 11.1 Å². The number of rotatable bonds is 4. The average Bonchev–Trinajstić information content (AvgIpc) is 2.89. The van der Waals surface area contributed by atoms with E-state index in [1.807, 2.05) is 36.0 Å². The Labute approximate surface area is 112 Å². The molecule has 1 unspecified atom stereocenters. The highest BCUT2D eigenvalue weighted by atomic mass is 32.2. The fourth-order valence-corrected chi connectivity index (χ4v) is 3.06. The highest BCUT2D eigenvalue weighted by Gasteiger charge is 2.15. The number of thioether (sulfide) groups is 1. The van der Waals surface area contributed by atoms with Crippen molar-refractivity contribution in [3.63, 3.8) is 0 Å². The molecule has 1 aromatic carbocycles. The van der Waals surface area contributed by atoms with Crippen molar-refractivity contribution in [2.45, 2.75) is 18.1 Å². The second kappa shape index (κ2) is 6.50. The molecule has 3 N–H and O–H groups in total. The molecule has 1 aliphatic rings. The normalized spacial score (nSPS) is 19.2. The predicted molar refractivity (Wildman–Crippen MR) is 78.4 cm³/mol.